The average Bonchev–Trinajstić information content (AvgIpc) is 3.03. The number of amides is 1. The fraction of sp³-hybridized carbons (Fsp3) is 0.200. The number of hydrogen-bond acceptors (Lipinski definition) is 6. The molecule has 3 heterocycles. The van der Waals surface area contributed by atoms with Crippen LogP contribution in [0.15, 0.2) is 36.7 Å². The second-order valence-corrected chi connectivity index (χ2v) is 5.31. The molecule has 1 aliphatic heterocycles. The molecule has 1 aliphatic rings. The molecule has 0 aliphatic carbocycles. The lowest BCUT2D eigenvalue weighted by Gasteiger charge is -2.26. The van der Waals surface area contributed by atoms with E-state index in [-0.39, 0.29) is 12.5 Å². The van der Waals surface area contributed by atoms with Gasteiger partial charge in [0.15, 0.2) is 0 Å². The number of anilines is 3. The lowest BCUT2D eigenvalue weighted by atomic mass is 10.2. The minimum atomic E-state index is -0.0105. The van der Waals surface area contributed by atoms with E-state index >= 15 is 0 Å². The zero-order chi connectivity index (χ0) is 15.6. The van der Waals surface area contributed by atoms with Gasteiger partial charge in [0.1, 0.15) is 5.82 Å². The van der Waals surface area contributed by atoms with Crippen LogP contribution in [0.2, 0.25) is 0 Å². The zero-order valence-corrected chi connectivity index (χ0v) is 12.3. The first kappa shape index (κ1) is 13.5. The fourth-order valence-corrected chi connectivity index (χ4v) is 2.55. The Morgan fingerprint density at radius 3 is 3.13 bits per heavy atom. The van der Waals surface area contributed by atoms with Gasteiger partial charge >= 0.3 is 0 Å². The van der Waals surface area contributed by atoms with Gasteiger partial charge < -0.3 is 15.5 Å². The van der Waals surface area contributed by atoms with E-state index in [4.69, 9.17) is 0 Å². The van der Waals surface area contributed by atoms with E-state index in [2.05, 4.69) is 30.8 Å². The molecule has 3 N–H and O–H groups in total. The fourth-order valence-electron chi connectivity index (χ4n) is 2.55. The molecular weight excluding hydrogens is 294 g/mol. The molecule has 23 heavy (non-hydrogen) atoms. The predicted octanol–water partition coefficient (Wildman–Crippen LogP) is 1.03. The van der Waals surface area contributed by atoms with Crippen molar-refractivity contribution in [2.45, 2.75) is 0 Å². The number of benzene rings is 1. The third-order valence-electron chi connectivity index (χ3n) is 3.68. The Hall–Kier alpha value is -3.16. The number of aromatic amines is 1. The molecule has 0 saturated carbocycles. The van der Waals surface area contributed by atoms with Crippen LogP contribution in [0, 0.1) is 0 Å². The molecule has 0 unspecified atom stereocenters. The molecule has 8 heteroatoms. The van der Waals surface area contributed by atoms with Gasteiger partial charge in [-0.1, -0.05) is 0 Å². The number of nitrogens with zero attached hydrogens (tertiary/aromatic N) is 4. The van der Waals surface area contributed by atoms with Crippen molar-refractivity contribution >= 4 is 34.3 Å². The number of carbonyl (C=O) groups excluding carboxylic acids is 1. The van der Waals surface area contributed by atoms with Crippen molar-refractivity contribution in [1.82, 2.24) is 25.5 Å². The lowest BCUT2D eigenvalue weighted by molar-refractivity contribution is -0.120. The van der Waals surface area contributed by atoms with Crippen LogP contribution in [0.3, 0.4) is 0 Å². The summed E-state index contributed by atoms with van der Waals surface area (Å²) >= 11 is 0. The quantitative estimate of drug-likeness (QED) is 0.668. The summed E-state index contributed by atoms with van der Waals surface area (Å²) in [6, 6.07) is 7.71. The highest BCUT2D eigenvalue weighted by Gasteiger charge is 2.18. The second kappa shape index (κ2) is 5.56. The maximum Gasteiger partial charge on any atom is 0.239 e. The second-order valence-electron chi connectivity index (χ2n) is 5.31. The van der Waals surface area contributed by atoms with E-state index in [9.17, 15) is 4.79 Å². The Kier molecular flexibility index (Phi) is 3.26. The molecule has 8 nitrogen and oxygen atoms in total. The molecule has 1 saturated heterocycles. The largest absolute Gasteiger partial charge is 0.353 e. The van der Waals surface area contributed by atoms with Crippen LogP contribution in [-0.2, 0) is 4.79 Å². The van der Waals surface area contributed by atoms with Gasteiger partial charge in [-0.05, 0) is 24.3 Å². The van der Waals surface area contributed by atoms with Crippen molar-refractivity contribution in [2.24, 2.45) is 0 Å². The minimum absolute atomic E-state index is 0.0105. The summed E-state index contributed by atoms with van der Waals surface area (Å²) in [5.74, 6) is 1.22. The molecule has 116 valence electrons. The van der Waals surface area contributed by atoms with Crippen molar-refractivity contribution in [3.8, 4) is 0 Å². The van der Waals surface area contributed by atoms with Crippen molar-refractivity contribution in [3.63, 3.8) is 0 Å². The van der Waals surface area contributed by atoms with Crippen molar-refractivity contribution in [3.05, 3.63) is 36.7 Å². The molecule has 0 atom stereocenters. The highest BCUT2D eigenvalue weighted by Crippen LogP contribution is 2.21. The summed E-state index contributed by atoms with van der Waals surface area (Å²) < 4.78 is 0. The number of hydrogen-bond donors (Lipinski definition) is 3. The summed E-state index contributed by atoms with van der Waals surface area (Å²) in [5, 5.41) is 14.0. The third kappa shape index (κ3) is 2.78. The third-order valence-corrected chi connectivity index (χ3v) is 3.68. The van der Waals surface area contributed by atoms with Gasteiger partial charge in [-0.2, -0.15) is 10.1 Å². The summed E-state index contributed by atoms with van der Waals surface area (Å²) in [5.41, 5.74) is 1.90. The van der Waals surface area contributed by atoms with Gasteiger partial charge in [0, 0.05) is 30.4 Å². The predicted molar refractivity (Wildman–Crippen MR) is 86.6 cm³/mol. The summed E-state index contributed by atoms with van der Waals surface area (Å²) in [7, 11) is 0. The number of piperazine rings is 1. The van der Waals surface area contributed by atoms with Crippen LogP contribution in [0.25, 0.3) is 10.9 Å². The molecule has 0 radical (unpaired) electrons. The Morgan fingerprint density at radius 2 is 2.22 bits per heavy atom. The minimum Gasteiger partial charge on any atom is -0.353 e. The number of aromatic nitrogens is 4. The highest BCUT2D eigenvalue weighted by atomic mass is 16.2. The van der Waals surface area contributed by atoms with Crippen LogP contribution in [0.5, 0.6) is 0 Å². The molecule has 0 bridgehead atoms. The van der Waals surface area contributed by atoms with E-state index in [0.717, 1.165) is 16.6 Å². The summed E-state index contributed by atoms with van der Waals surface area (Å²) in [6.45, 7) is 1.59. The molecule has 1 fully saturated rings. The topological polar surface area (TPSA) is 98.8 Å². The monoisotopic (exact) mass is 309 g/mol. The van der Waals surface area contributed by atoms with E-state index in [1.165, 1.54) is 0 Å². The maximum atomic E-state index is 11.5. The van der Waals surface area contributed by atoms with E-state index in [1.807, 2.05) is 23.1 Å². The molecule has 1 amide bonds. The molecule has 2 aromatic heterocycles. The van der Waals surface area contributed by atoms with Crippen LogP contribution in [0.1, 0.15) is 0 Å². The lowest BCUT2D eigenvalue weighted by Crippen LogP contribution is -2.48. The molecular formula is C15H15N7O. The Bertz CT molecular complexity index is 860. The molecule has 4 rings (SSSR count). The van der Waals surface area contributed by atoms with Crippen molar-refractivity contribution in [2.75, 3.05) is 29.9 Å². The Balaban J connectivity index is 1.56. The maximum absolute atomic E-state index is 11.5. The van der Waals surface area contributed by atoms with Crippen molar-refractivity contribution in [1.29, 1.82) is 0 Å². The average molecular weight is 309 g/mol. The van der Waals surface area contributed by atoms with Crippen molar-refractivity contribution < 1.29 is 4.79 Å². The number of rotatable bonds is 3. The van der Waals surface area contributed by atoms with Crippen LogP contribution < -0.4 is 15.5 Å². The number of carbonyl (C=O) groups is 1. The van der Waals surface area contributed by atoms with Gasteiger partial charge in [0.2, 0.25) is 11.9 Å². The van der Waals surface area contributed by atoms with Crippen LogP contribution in [0.4, 0.5) is 17.5 Å². The highest BCUT2D eigenvalue weighted by molar-refractivity contribution is 5.83. The molecule has 1 aromatic carbocycles. The van der Waals surface area contributed by atoms with Gasteiger partial charge in [-0.25, -0.2) is 4.98 Å². The summed E-state index contributed by atoms with van der Waals surface area (Å²) in [4.78, 5) is 22.1. The number of nitrogens with one attached hydrogen (secondary N) is 3. The van der Waals surface area contributed by atoms with Gasteiger partial charge in [0.05, 0.1) is 18.3 Å². The van der Waals surface area contributed by atoms with E-state index in [0.29, 0.717) is 24.9 Å². The van der Waals surface area contributed by atoms with Crippen LogP contribution in [-0.4, -0.2) is 45.7 Å². The first-order chi connectivity index (χ1) is 11.3. The first-order valence-corrected chi connectivity index (χ1v) is 7.33. The first-order valence-electron chi connectivity index (χ1n) is 7.33. The molecule has 0 spiro atoms. The smallest absolute Gasteiger partial charge is 0.239 e. The molecule has 3 aromatic rings. The normalized spacial score (nSPS) is 14.8. The van der Waals surface area contributed by atoms with Crippen LogP contribution >= 0.6 is 0 Å². The standard InChI is InChI=1S/C15H15N7O/c23-14-9-22(6-5-16-14)15-17-4-3-13(20-15)19-11-1-2-12-10(7-11)8-18-21-12/h1-4,7-8H,5-6,9H2,(H,16,23)(H,18,21)(H,17,19,20). The Labute approximate surface area is 131 Å². The van der Waals surface area contributed by atoms with Gasteiger partial charge in [-0.3, -0.25) is 9.89 Å². The van der Waals surface area contributed by atoms with Gasteiger partial charge in [0.25, 0.3) is 0 Å². The SMILES string of the molecule is O=C1CN(c2nccc(Nc3ccc4[nH]ncc4c3)n2)CCN1. The zero-order valence-electron chi connectivity index (χ0n) is 12.3. The van der Waals surface area contributed by atoms with E-state index < -0.39 is 0 Å². The number of H-pyrrole nitrogens is 1. The number of fused-ring (bicyclic) bond motifs is 1. The summed E-state index contributed by atoms with van der Waals surface area (Å²) in [6.07, 6.45) is 3.46. The van der Waals surface area contributed by atoms with E-state index in [1.54, 1.807) is 18.5 Å². The van der Waals surface area contributed by atoms with Gasteiger partial charge in [-0.15, -0.1) is 0 Å². The Morgan fingerprint density at radius 1 is 1.26 bits per heavy atom.